The largest absolute Gasteiger partial charge is 0.355 e. The van der Waals surface area contributed by atoms with Gasteiger partial charge in [-0.25, -0.2) is 0 Å². The first kappa shape index (κ1) is 21.8. The van der Waals surface area contributed by atoms with E-state index < -0.39 is 0 Å². The smallest absolute Gasteiger partial charge is 0.234 e. The first-order chi connectivity index (χ1) is 13.0. The minimum atomic E-state index is -0.0780. The molecule has 0 unspecified atom stereocenters. The zero-order chi connectivity index (χ0) is 19.5. The lowest BCUT2D eigenvalue weighted by Crippen LogP contribution is -2.36. The Hall–Kier alpha value is -1.53. The lowest BCUT2D eigenvalue weighted by molar-refractivity contribution is -0.118. The van der Waals surface area contributed by atoms with Gasteiger partial charge in [0.15, 0.2) is 0 Å². The molecule has 6 heteroatoms. The van der Waals surface area contributed by atoms with Gasteiger partial charge in [-0.15, -0.1) is 11.8 Å². The number of hydrogen-bond acceptors (Lipinski definition) is 4. The number of nitrogens with zero attached hydrogens (tertiary/aromatic N) is 1. The molecular formula is C21H33N3O2S. The summed E-state index contributed by atoms with van der Waals surface area (Å²) in [6.45, 7) is 3.73. The normalized spacial score (nSPS) is 14.9. The van der Waals surface area contributed by atoms with Crippen molar-refractivity contribution >= 4 is 29.3 Å². The van der Waals surface area contributed by atoms with Crippen LogP contribution in [0, 0.1) is 6.92 Å². The second kappa shape index (κ2) is 12.0. The molecule has 27 heavy (non-hydrogen) atoms. The molecule has 1 saturated carbocycles. The molecule has 0 saturated heterocycles. The summed E-state index contributed by atoms with van der Waals surface area (Å²) in [7, 11) is 2.19. The molecule has 1 aromatic carbocycles. The van der Waals surface area contributed by atoms with E-state index in [0.29, 0.717) is 12.3 Å². The summed E-state index contributed by atoms with van der Waals surface area (Å²) in [5.41, 5.74) is 1.95. The van der Waals surface area contributed by atoms with Crippen LogP contribution >= 0.6 is 11.8 Å². The molecule has 0 aromatic heterocycles. The predicted octanol–water partition coefficient (Wildman–Crippen LogP) is 3.44. The van der Waals surface area contributed by atoms with Gasteiger partial charge in [-0.1, -0.05) is 37.0 Å². The van der Waals surface area contributed by atoms with E-state index in [1.807, 2.05) is 31.2 Å². The predicted molar refractivity (Wildman–Crippen MR) is 114 cm³/mol. The Morgan fingerprint density at radius 1 is 1.07 bits per heavy atom. The first-order valence-electron chi connectivity index (χ1n) is 9.96. The fourth-order valence-electron chi connectivity index (χ4n) is 3.38. The van der Waals surface area contributed by atoms with E-state index in [2.05, 4.69) is 22.6 Å². The van der Waals surface area contributed by atoms with Gasteiger partial charge in [0.05, 0.1) is 11.5 Å². The fourth-order valence-corrected chi connectivity index (χ4v) is 4.03. The van der Waals surface area contributed by atoms with Gasteiger partial charge in [-0.2, -0.15) is 0 Å². The summed E-state index contributed by atoms with van der Waals surface area (Å²) in [5.74, 6) is 0.528. The summed E-state index contributed by atoms with van der Waals surface area (Å²) < 4.78 is 0. The number of carbonyl (C=O) groups excluding carboxylic acids is 2. The Balaban J connectivity index is 1.50. The molecule has 1 aliphatic carbocycles. The van der Waals surface area contributed by atoms with Crippen molar-refractivity contribution in [2.24, 2.45) is 0 Å². The van der Waals surface area contributed by atoms with E-state index in [1.165, 1.54) is 43.9 Å². The summed E-state index contributed by atoms with van der Waals surface area (Å²) >= 11 is 1.34. The summed E-state index contributed by atoms with van der Waals surface area (Å²) in [4.78, 5) is 26.2. The molecule has 0 radical (unpaired) electrons. The number of aryl methyl sites for hydroxylation is 1. The van der Waals surface area contributed by atoms with E-state index in [0.717, 1.165) is 30.3 Å². The maximum atomic E-state index is 11.9. The number of carbonyl (C=O) groups is 2. The third kappa shape index (κ3) is 8.80. The van der Waals surface area contributed by atoms with Crippen LogP contribution in [0.3, 0.4) is 0 Å². The van der Waals surface area contributed by atoms with Gasteiger partial charge in [0.25, 0.3) is 0 Å². The Morgan fingerprint density at radius 2 is 1.74 bits per heavy atom. The van der Waals surface area contributed by atoms with E-state index >= 15 is 0 Å². The van der Waals surface area contributed by atoms with Crippen molar-refractivity contribution < 1.29 is 9.59 Å². The number of benzene rings is 1. The zero-order valence-corrected chi connectivity index (χ0v) is 17.4. The van der Waals surface area contributed by atoms with Crippen LogP contribution in [0.15, 0.2) is 24.3 Å². The summed E-state index contributed by atoms with van der Waals surface area (Å²) in [6.07, 6.45) is 7.66. The van der Waals surface area contributed by atoms with E-state index in [1.54, 1.807) is 0 Å². The fraction of sp³-hybridized carbons (Fsp3) is 0.619. The van der Waals surface area contributed by atoms with Crippen LogP contribution in [-0.2, 0) is 9.59 Å². The molecule has 1 aliphatic rings. The van der Waals surface area contributed by atoms with E-state index in [9.17, 15) is 9.59 Å². The second-order valence-corrected chi connectivity index (χ2v) is 8.37. The molecule has 0 bridgehead atoms. The lowest BCUT2D eigenvalue weighted by atomic mass is 9.94. The lowest BCUT2D eigenvalue weighted by Gasteiger charge is -2.31. The van der Waals surface area contributed by atoms with Crippen LogP contribution in [0.2, 0.25) is 0 Å². The highest BCUT2D eigenvalue weighted by Crippen LogP contribution is 2.21. The number of thioether (sulfide) groups is 1. The van der Waals surface area contributed by atoms with Crippen LogP contribution in [0.5, 0.6) is 0 Å². The number of rotatable bonds is 10. The monoisotopic (exact) mass is 391 g/mol. The van der Waals surface area contributed by atoms with Crippen LogP contribution in [0.1, 0.15) is 44.1 Å². The van der Waals surface area contributed by atoms with Crippen LogP contribution < -0.4 is 10.6 Å². The van der Waals surface area contributed by atoms with Crippen LogP contribution in [0.25, 0.3) is 0 Å². The van der Waals surface area contributed by atoms with Gasteiger partial charge < -0.3 is 15.5 Å². The van der Waals surface area contributed by atoms with E-state index in [4.69, 9.17) is 0 Å². The third-order valence-corrected chi connectivity index (χ3v) is 5.94. The number of anilines is 1. The summed E-state index contributed by atoms with van der Waals surface area (Å²) in [5, 5.41) is 5.79. The topological polar surface area (TPSA) is 61.4 Å². The quantitative estimate of drug-likeness (QED) is 0.600. The molecule has 2 rings (SSSR count). The van der Waals surface area contributed by atoms with Crippen LogP contribution in [-0.4, -0.2) is 54.4 Å². The number of amides is 2. The highest BCUT2D eigenvalue weighted by Gasteiger charge is 2.17. The van der Waals surface area contributed by atoms with Gasteiger partial charge in [-0.05, 0) is 51.9 Å². The minimum Gasteiger partial charge on any atom is -0.355 e. The Labute approximate surface area is 167 Å². The molecule has 1 fully saturated rings. The van der Waals surface area contributed by atoms with Crippen molar-refractivity contribution in [1.29, 1.82) is 0 Å². The second-order valence-electron chi connectivity index (χ2n) is 7.38. The molecule has 2 amide bonds. The minimum absolute atomic E-state index is 0.00320. The van der Waals surface area contributed by atoms with Gasteiger partial charge >= 0.3 is 0 Å². The van der Waals surface area contributed by atoms with Gasteiger partial charge in [0.1, 0.15) is 0 Å². The van der Waals surface area contributed by atoms with Crippen molar-refractivity contribution in [3.05, 3.63) is 29.8 Å². The van der Waals surface area contributed by atoms with Crippen molar-refractivity contribution in [3.8, 4) is 0 Å². The number of nitrogens with one attached hydrogen (secondary N) is 2. The molecular weight excluding hydrogens is 358 g/mol. The third-order valence-electron chi connectivity index (χ3n) is 5.01. The highest BCUT2D eigenvalue weighted by atomic mass is 32.2. The molecule has 1 aromatic rings. The number of hydrogen-bond donors (Lipinski definition) is 2. The van der Waals surface area contributed by atoms with Crippen molar-refractivity contribution in [2.75, 3.05) is 37.0 Å². The van der Waals surface area contributed by atoms with E-state index in [-0.39, 0.29) is 17.6 Å². The molecule has 0 spiro atoms. The van der Waals surface area contributed by atoms with Gasteiger partial charge in [0, 0.05) is 18.3 Å². The van der Waals surface area contributed by atoms with Crippen molar-refractivity contribution in [1.82, 2.24) is 10.2 Å². The van der Waals surface area contributed by atoms with Crippen molar-refractivity contribution in [3.63, 3.8) is 0 Å². The first-order valence-corrected chi connectivity index (χ1v) is 11.1. The molecule has 2 N–H and O–H groups in total. The molecule has 0 aliphatic heterocycles. The molecule has 0 heterocycles. The Morgan fingerprint density at radius 3 is 2.44 bits per heavy atom. The van der Waals surface area contributed by atoms with Gasteiger partial charge in [-0.3, -0.25) is 9.59 Å². The maximum Gasteiger partial charge on any atom is 0.234 e. The molecule has 5 nitrogen and oxygen atoms in total. The van der Waals surface area contributed by atoms with Crippen molar-refractivity contribution in [2.45, 2.75) is 51.5 Å². The summed E-state index contributed by atoms with van der Waals surface area (Å²) in [6, 6.07) is 8.41. The average Bonchev–Trinajstić information content (AvgIpc) is 2.67. The molecule has 150 valence electrons. The van der Waals surface area contributed by atoms with Crippen LogP contribution in [0.4, 0.5) is 5.69 Å². The zero-order valence-electron chi connectivity index (χ0n) is 16.6. The standard InChI is InChI=1S/C21H33N3O2S/c1-17-9-11-18(12-10-17)23-21(26)16-27-15-20(25)22-13-6-14-24(2)19-7-4-3-5-8-19/h9-12,19H,3-8,13-16H2,1-2H3,(H,22,25)(H,23,26). The molecule has 0 atom stereocenters. The SMILES string of the molecule is Cc1ccc(NC(=O)CSCC(=O)NCCCN(C)C2CCCCC2)cc1. The Kier molecular flexibility index (Phi) is 9.70. The average molecular weight is 392 g/mol. The van der Waals surface area contributed by atoms with Gasteiger partial charge in [0.2, 0.25) is 11.8 Å². The Bertz CT molecular complexity index is 586. The highest BCUT2D eigenvalue weighted by molar-refractivity contribution is 8.00. The maximum absolute atomic E-state index is 11.9.